The summed E-state index contributed by atoms with van der Waals surface area (Å²) in [5, 5.41) is 0.599. The number of nitrogen functional groups attached to an aromatic ring is 1. The minimum absolute atomic E-state index is 0.599. The van der Waals surface area contributed by atoms with Crippen molar-refractivity contribution in [2.24, 2.45) is 0 Å². The summed E-state index contributed by atoms with van der Waals surface area (Å²) in [6, 6.07) is 9.81. The van der Waals surface area contributed by atoms with E-state index in [1.165, 1.54) is 11.3 Å². The highest BCUT2D eigenvalue weighted by Gasteiger charge is 2.05. The molecule has 74 valence electrons. The van der Waals surface area contributed by atoms with Gasteiger partial charge in [0.2, 0.25) is 0 Å². The molecule has 15 heavy (non-hydrogen) atoms. The van der Waals surface area contributed by atoms with E-state index < -0.39 is 0 Å². The lowest BCUT2D eigenvalue weighted by Gasteiger charge is -1.95. The number of furan rings is 1. The SMILES string of the molecule is Nc1nc2cc(-c3ccco3)ccc2s1. The maximum Gasteiger partial charge on any atom is 0.181 e. The van der Waals surface area contributed by atoms with E-state index in [9.17, 15) is 0 Å². The Morgan fingerprint density at radius 1 is 1.27 bits per heavy atom. The van der Waals surface area contributed by atoms with Crippen molar-refractivity contribution in [3.63, 3.8) is 0 Å². The Labute approximate surface area is 90.2 Å². The first-order chi connectivity index (χ1) is 7.33. The molecule has 3 rings (SSSR count). The Hall–Kier alpha value is -1.81. The largest absolute Gasteiger partial charge is 0.464 e. The van der Waals surface area contributed by atoms with Gasteiger partial charge >= 0.3 is 0 Å². The second-order valence-electron chi connectivity index (χ2n) is 3.21. The van der Waals surface area contributed by atoms with E-state index in [0.717, 1.165) is 21.5 Å². The van der Waals surface area contributed by atoms with E-state index in [4.69, 9.17) is 10.2 Å². The van der Waals surface area contributed by atoms with Gasteiger partial charge in [0, 0.05) is 5.56 Å². The first kappa shape index (κ1) is 8.49. The standard InChI is InChI=1S/C11H8N2OS/c12-11-13-8-6-7(3-4-10(8)15-11)9-2-1-5-14-9/h1-6H,(H2,12,13). The first-order valence-corrected chi connectivity index (χ1v) is 5.34. The molecule has 0 aliphatic carbocycles. The van der Waals surface area contributed by atoms with Crippen molar-refractivity contribution in [3.8, 4) is 11.3 Å². The molecule has 0 radical (unpaired) electrons. The van der Waals surface area contributed by atoms with Crippen LogP contribution in [0.15, 0.2) is 41.0 Å². The van der Waals surface area contributed by atoms with Gasteiger partial charge in [0.05, 0.1) is 16.5 Å². The molecule has 0 saturated heterocycles. The van der Waals surface area contributed by atoms with E-state index in [2.05, 4.69) is 4.98 Å². The molecule has 0 unspecified atom stereocenters. The molecule has 0 spiro atoms. The number of anilines is 1. The fourth-order valence-corrected chi connectivity index (χ4v) is 2.26. The smallest absolute Gasteiger partial charge is 0.181 e. The van der Waals surface area contributed by atoms with Crippen LogP contribution in [0.1, 0.15) is 0 Å². The third-order valence-corrected chi connectivity index (χ3v) is 3.08. The maximum absolute atomic E-state index is 5.64. The zero-order valence-corrected chi connectivity index (χ0v) is 8.62. The van der Waals surface area contributed by atoms with Gasteiger partial charge in [0.1, 0.15) is 5.76 Å². The molecular weight excluding hydrogens is 208 g/mol. The monoisotopic (exact) mass is 216 g/mol. The Morgan fingerprint density at radius 3 is 3.00 bits per heavy atom. The molecule has 2 N–H and O–H groups in total. The highest BCUT2D eigenvalue weighted by Crippen LogP contribution is 2.28. The summed E-state index contributed by atoms with van der Waals surface area (Å²) in [7, 11) is 0. The number of thiazole rings is 1. The summed E-state index contributed by atoms with van der Waals surface area (Å²) in [6.45, 7) is 0. The topological polar surface area (TPSA) is 52.0 Å². The van der Waals surface area contributed by atoms with Crippen LogP contribution in [-0.2, 0) is 0 Å². The number of hydrogen-bond acceptors (Lipinski definition) is 4. The summed E-state index contributed by atoms with van der Waals surface area (Å²) in [6.07, 6.45) is 1.66. The average molecular weight is 216 g/mol. The predicted octanol–water partition coefficient (Wildman–Crippen LogP) is 3.14. The van der Waals surface area contributed by atoms with Crippen LogP contribution in [0.3, 0.4) is 0 Å². The summed E-state index contributed by atoms with van der Waals surface area (Å²) < 4.78 is 6.42. The summed E-state index contributed by atoms with van der Waals surface area (Å²) in [5.41, 5.74) is 7.59. The van der Waals surface area contributed by atoms with Crippen LogP contribution in [0.25, 0.3) is 21.5 Å². The highest BCUT2D eigenvalue weighted by atomic mass is 32.1. The lowest BCUT2D eigenvalue weighted by Crippen LogP contribution is -1.79. The number of fused-ring (bicyclic) bond motifs is 1. The van der Waals surface area contributed by atoms with E-state index in [1.807, 2.05) is 30.3 Å². The molecule has 3 nitrogen and oxygen atoms in total. The normalized spacial score (nSPS) is 10.9. The van der Waals surface area contributed by atoms with Crippen molar-refractivity contribution in [1.82, 2.24) is 4.98 Å². The van der Waals surface area contributed by atoms with Crippen LogP contribution in [0, 0.1) is 0 Å². The molecule has 4 heteroatoms. The van der Waals surface area contributed by atoms with Crippen molar-refractivity contribution < 1.29 is 4.42 Å². The zero-order chi connectivity index (χ0) is 10.3. The Kier molecular flexibility index (Phi) is 1.76. The fraction of sp³-hybridized carbons (Fsp3) is 0. The summed E-state index contributed by atoms with van der Waals surface area (Å²) in [5.74, 6) is 0.850. The molecule has 0 aliphatic heterocycles. The van der Waals surface area contributed by atoms with Gasteiger partial charge in [-0.25, -0.2) is 4.98 Å². The maximum atomic E-state index is 5.64. The molecular formula is C11H8N2OS. The fourth-order valence-electron chi connectivity index (χ4n) is 1.54. The van der Waals surface area contributed by atoms with Gasteiger partial charge in [0.25, 0.3) is 0 Å². The predicted molar refractivity (Wildman–Crippen MR) is 61.7 cm³/mol. The van der Waals surface area contributed by atoms with E-state index in [0.29, 0.717) is 5.13 Å². The number of rotatable bonds is 1. The van der Waals surface area contributed by atoms with Crippen molar-refractivity contribution in [2.75, 3.05) is 5.73 Å². The molecule has 1 aromatic carbocycles. The van der Waals surface area contributed by atoms with Crippen LogP contribution in [-0.4, -0.2) is 4.98 Å². The van der Waals surface area contributed by atoms with E-state index >= 15 is 0 Å². The second-order valence-corrected chi connectivity index (χ2v) is 4.27. The number of hydrogen-bond donors (Lipinski definition) is 1. The lowest BCUT2D eigenvalue weighted by molar-refractivity contribution is 0.582. The van der Waals surface area contributed by atoms with Crippen molar-refractivity contribution in [2.45, 2.75) is 0 Å². The number of benzene rings is 1. The van der Waals surface area contributed by atoms with Crippen LogP contribution in [0.4, 0.5) is 5.13 Å². The van der Waals surface area contributed by atoms with E-state index in [1.54, 1.807) is 6.26 Å². The number of aromatic nitrogens is 1. The second kappa shape index (κ2) is 3.10. The molecule has 2 aromatic heterocycles. The van der Waals surface area contributed by atoms with Gasteiger partial charge in [-0.2, -0.15) is 0 Å². The van der Waals surface area contributed by atoms with Gasteiger partial charge in [-0.1, -0.05) is 11.3 Å². The molecule has 3 aromatic rings. The van der Waals surface area contributed by atoms with Crippen LogP contribution < -0.4 is 5.73 Å². The highest BCUT2D eigenvalue weighted by molar-refractivity contribution is 7.22. The summed E-state index contributed by atoms with van der Waals surface area (Å²) in [4.78, 5) is 4.24. The van der Waals surface area contributed by atoms with Crippen molar-refractivity contribution >= 4 is 26.7 Å². The summed E-state index contributed by atoms with van der Waals surface area (Å²) >= 11 is 1.49. The van der Waals surface area contributed by atoms with Crippen molar-refractivity contribution in [3.05, 3.63) is 36.6 Å². The Bertz CT molecular complexity index is 598. The first-order valence-electron chi connectivity index (χ1n) is 4.53. The Balaban J connectivity index is 2.21. The lowest BCUT2D eigenvalue weighted by atomic mass is 10.1. The van der Waals surface area contributed by atoms with Crippen LogP contribution >= 0.6 is 11.3 Å². The van der Waals surface area contributed by atoms with Gasteiger partial charge in [-0.15, -0.1) is 0 Å². The molecule has 2 heterocycles. The molecule has 0 fully saturated rings. The zero-order valence-electron chi connectivity index (χ0n) is 7.81. The molecule has 0 amide bonds. The van der Waals surface area contributed by atoms with Gasteiger partial charge in [-0.05, 0) is 30.3 Å². The van der Waals surface area contributed by atoms with Gasteiger partial charge < -0.3 is 10.2 Å². The van der Waals surface area contributed by atoms with Crippen LogP contribution in [0.2, 0.25) is 0 Å². The molecule has 0 aliphatic rings. The van der Waals surface area contributed by atoms with Crippen molar-refractivity contribution in [1.29, 1.82) is 0 Å². The third-order valence-electron chi connectivity index (χ3n) is 2.21. The minimum atomic E-state index is 0.599. The Morgan fingerprint density at radius 2 is 2.20 bits per heavy atom. The molecule has 0 saturated carbocycles. The average Bonchev–Trinajstić information content (AvgIpc) is 2.82. The number of nitrogens with two attached hydrogens (primary N) is 1. The van der Waals surface area contributed by atoms with Gasteiger partial charge in [-0.3, -0.25) is 0 Å². The third kappa shape index (κ3) is 1.39. The van der Waals surface area contributed by atoms with Gasteiger partial charge in [0.15, 0.2) is 5.13 Å². The van der Waals surface area contributed by atoms with E-state index in [-0.39, 0.29) is 0 Å². The number of nitrogens with zero attached hydrogens (tertiary/aromatic N) is 1. The van der Waals surface area contributed by atoms with Crippen LogP contribution in [0.5, 0.6) is 0 Å². The minimum Gasteiger partial charge on any atom is -0.464 e. The molecule has 0 atom stereocenters. The molecule has 0 bridgehead atoms. The quantitative estimate of drug-likeness (QED) is 0.679.